The normalized spacial score (nSPS) is 17.5. The summed E-state index contributed by atoms with van der Waals surface area (Å²) < 4.78 is 7.62. The number of primary amides is 1. The number of nitrogens with two attached hydrogens (primary N) is 1. The molecule has 3 aromatic rings. The first kappa shape index (κ1) is 17.5. The van der Waals surface area contributed by atoms with E-state index in [0.29, 0.717) is 32.7 Å². The maximum Gasteiger partial charge on any atom is 0.224 e. The summed E-state index contributed by atoms with van der Waals surface area (Å²) in [5.41, 5.74) is 7.58. The van der Waals surface area contributed by atoms with Gasteiger partial charge in [0.1, 0.15) is 0 Å². The Morgan fingerprint density at radius 2 is 1.67 bits per heavy atom. The molecule has 2 heterocycles. The zero-order valence-electron chi connectivity index (χ0n) is 15.1. The molecule has 1 unspecified atom stereocenters. The van der Waals surface area contributed by atoms with Crippen LogP contribution in [-0.2, 0) is 20.9 Å². The molecular weight excluding hydrogens is 342 g/mol. The van der Waals surface area contributed by atoms with Crippen LogP contribution in [0.3, 0.4) is 0 Å². The molecule has 6 heteroatoms. The number of morpholine rings is 1. The molecule has 0 radical (unpaired) electrons. The van der Waals surface area contributed by atoms with E-state index in [1.807, 2.05) is 24.3 Å². The number of carbonyl (C=O) groups is 2. The molecule has 2 aromatic carbocycles. The number of hydrogen-bond acceptors (Lipinski definition) is 3. The van der Waals surface area contributed by atoms with Crippen LogP contribution in [0.1, 0.15) is 12.8 Å². The number of rotatable bonds is 5. The SMILES string of the molecule is NC(=O)CC1COCCN1C(=O)CCn1c2ccccc2c2ccccc21. The van der Waals surface area contributed by atoms with E-state index in [-0.39, 0.29) is 18.4 Å². The van der Waals surface area contributed by atoms with Crippen molar-refractivity contribution in [2.45, 2.75) is 25.4 Å². The lowest BCUT2D eigenvalue weighted by Crippen LogP contribution is -2.50. The molecule has 140 valence electrons. The van der Waals surface area contributed by atoms with E-state index in [1.165, 1.54) is 10.8 Å². The van der Waals surface area contributed by atoms with Gasteiger partial charge in [-0.1, -0.05) is 36.4 Å². The van der Waals surface area contributed by atoms with Crippen LogP contribution in [0.15, 0.2) is 48.5 Å². The standard InChI is InChI=1S/C21H23N3O3/c22-20(25)13-15-14-27-12-11-23(15)21(26)9-10-24-18-7-3-1-5-16(18)17-6-2-4-8-19(17)24/h1-8,15H,9-14H2,(H2,22,25). The molecule has 0 spiro atoms. The first-order chi connectivity index (χ1) is 13.1. The molecule has 6 nitrogen and oxygen atoms in total. The number of ether oxygens (including phenoxy) is 1. The third-order valence-corrected chi connectivity index (χ3v) is 5.21. The molecule has 0 bridgehead atoms. The Kier molecular flexibility index (Phi) is 4.81. The largest absolute Gasteiger partial charge is 0.377 e. The van der Waals surface area contributed by atoms with Crippen LogP contribution in [0.4, 0.5) is 0 Å². The van der Waals surface area contributed by atoms with E-state index >= 15 is 0 Å². The summed E-state index contributed by atoms with van der Waals surface area (Å²) in [5.74, 6) is -0.378. The number of carbonyl (C=O) groups excluding carboxylic acids is 2. The van der Waals surface area contributed by atoms with E-state index in [0.717, 1.165) is 11.0 Å². The van der Waals surface area contributed by atoms with Gasteiger partial charge in [-0.15, -0.1) is 0 Å². The molecule has 2 N–H and O–H groups in total. The van der Waals surface area contributed by atoms with Crippen LogP contribution in [-0.4, -0.2) is 47.1 Å². The van der Waals surface area contributed by atoms with Gasteiger partial charge < -0.3 is 19.9 Å². The number of aromatic nitrogens is 1. The van der Waals surface area contributed by atoms with Crippen LogP contribution in [0, 0.1) is 0 Å². The average Bonchev–Trinajstić information content (AvgIpc) is 3.00. The molecular formula is C21H23N3O3. The Morgan fingerprint density at radius 3 is 2.30 bits per heavy atom. The summed E-state index contributed by atoms with van der Waals surface area (Å²) in [6.07, 6.45) is 0.513. The molecule has 1 aliphatic rings. The van der Waals surface area contributed by atoms with Crippen molar-refractivity contribution < 1.29 is 14.3 Å². The molecule has 4 rings (SSSR count). The van der Waals surface area contributed by atoms with Gasteiger partial charge in [0.25, 0.3) is 0 Å². The van der Waals surface area contributed by atoms with Crippen molar-refractivity contribution in [1.29, 1.82) is 0 Å². The Bertz CT molecular complexity index is 941. The highest BCUT2D eigenvalue weighted by Gasteiger charge is 2.28. The predicted molar refractivity (Wildman–Crippen MR) is 104 cm³/mol. The lowest BCUT2D eigenvalue weighted by atomic mass is 10.1. The molecule has 1 fully saturated rings. The highest BCUT2D eigenvalue weighted by atomic mass is 16.5. The summed E-state index contributed by atoms with van der Waals surface area (Å²) in [7, 11) is 0. The fourth-order valence-electron chi connectivity index (χ4n) is 3.98. The van der Waals surface area contributed by atoms with Crippen molar-refractivity contribution in [1.82, 2.24) is 9.47 Å². The fourth-order valence-corrected chi connectivity index (χ4v) is 3.98. The first-order valence-electron chi connectivity index (χ1n) is 9.26. The summed E-state index contributed by atoms with van der Waals surface area (Å²) in [6, 6.07) is 16.2. The quantitative estimate of drug-likeness (QED) is 0.754. The summed E-state index contributed by atoms with van der Waals surface area (Å²) in [4.78, 5) is 25.9. The van der Waals surface area contributed by atoms with Crippen LogP contribution < -0.4 is 5.73 Å². The minimum absolute atomic E-state index is 0.0337. The van der Waals surface area contributed by atoms with Crippen LogP contribution in [0.5, 0.6) is 0 Å². The highest BCUT2D eigenvalue weighted by molar-refractivity contribution is 6.08. The van der Waals surface area contributed by atoms with Crippen molar-refractivity contribution in [2.24, 2.45) is 5.73 Å². The molecule has 27 heavy (non-hydrogen) atoms. The Balaban J connectivity index is 1.57. The lowest BCUT2D eigenvalue weighted by Gasteiger charge is -2.35. The van der Waals surface area contributed by atoms with E-state index in [9.17, 15) is 9.59 Å². The van der Waals surface area contributed by atoms with Gasteiger partial charge in [0.05, 0.1) is 19.3 Å². The smallest absolute Gasteiger partial charge is 0.224 e. The summed E-state index contributed by atoms with van der Waals surface area (Å²) >= 11 is 0. The zero-order chi connectivity index (χ0) is 18.8. The van der Waals surface area contributed by atoms with E-state index in [4.69, 9.17) is 10.5 Å². The number of para-hydroxylation sites is 2. The average molecular weight is 365 g/mol. The van der Waals surface area contributed by atoms with Crippen molar-refractivity contribution in [2.75, 3.05) is 19.8 Å². The van der Waals surface area contributed by atoms with Crippen molar-refractivity contribution >= 4 is 33.6 Å². The molecule has 0 saturated carbocycles. The monoisotopic (exact) mass is 365 g/mol. The maximum atomic E-state index is 12.9. The molecule has 1 saturated heterocycles. The number of fused-ring (bicyclic) bond motifs is 3. The Hall–Kier alpha value is -2.86. The van der Waals surface area contributed by atoms with Crippen molar-refractivity contribution in [3.05, 3.63) is 48.5 Å². The number of amides is 2. The second-order valence-corrected chi connectivity index (χ2v) is 6.92. The third-order valence-electron chi connectivity index (χ3n) is 5.21. The lowest BCUT2D eigenvalue weighted by molar-refractivity contribution is -0.141. The molecule has 1 aliphatic heterocycles. The van der Waals surface area contributed by atoms with E-state index in [1.54, 1.807) is 4.90 Å². The Labute approximate surface area is 157 Å². The molecule has 0 aliphatic carbocycles. The highest BCUT2D eigenvalue weighted by Crippen LogP contribution is 2.29. The minimum Gasteiger partial charge on any atom is -0.377 e. The van der Waals surface area contributed by atoms with Gasteiger partial charge in [0.15, 0.2) is 0 Å². The number of aryl methyl sites for hydroxylation is 1. The van der Waals surface area contributed by atoms with Crippen LogP contribution in [0.25, 0.3) is 21.8 Å². The van der Waals surface area contributed by atoms with Gasteiger partial charge in [0.2, 0.25) is 11.8 Å². The predicted octanol–water partition coefficient (Wildman–Crippen LogP) is 2.29. The van der Waals surface area contributed by atoms with Gasteiger partial charge in [-0.2, -0.15) is 0 Å². The number of nitrogens with zero attached hydrogens (tertiary/aromatic N) is 2. The number of hydrogen-bond donors (Lipinski definition) is 1. The second-order valence-electron chi connectivity index (χ2n) is 6.92. The topological polar surface area (TPSA) is 77.6 Å². The van der Waals surface area contributed by atoms with Crippen LogP contribution >= 0.6 is 0 Å². The summed E-state index contributed by atoms with van der Waals surface area (Å²) in [5, 5.41) is 2.39. The van der Waals surface area contributed by atoms with E-state index < -0.39 is 5.91 Å². The van der Waals surface area contributed by atoms with Gasteiger partial charge in [-0.3, -0.25) is 9.59 Å². The van der Waals surface area contributed by atoms with Crippen molar-refractivity contribution in [3.8, 4) is 0 Å². The maximum absolute atomic E-state index is 12.9. The molecule has 1 atom stereocenters. The van der Waals surface area contributed by atoms with Gasteiger partial charge in [-0.05, 0) is 12.1 Å². The van der Waals surface area contributed by atoms with Gasteiger partial charge in [-0.25, -0.2) is 0 Å². The fraction of sp³-hybridized carbons (Fsp3) is 0.333. The van der Waals surface area contributed by atoms with E-state index in [2.05, 4.69) is 28.8 Å². The van der Waals surface area contributed by atoms with Crippen LogP contribution in [0.2, 0.25) is 0 Å². The van der Waals surface area contributed by atoms with Crippen molar-refractivity contribution in [3.63, 3.8) is 0 Å². The summed E-state index contributed by atoms with van der Waals surface area (Å²) in [6.45, 7) is 1.96. The number of benzene rings is 2. The Morgan fingerprint density at radius 1 is 1.04 bits per heavy atom. The first-order valence-corrected chi connectivity index (χ1v) is 9.26. The third kappa shape index (κ3) is 3.40. The molecule has 1 aromatic heterocycles. The molecule has 2 amide bonds. The second kappa shape index (κ2) is 7.40. The van der Waals surface area contributed by atoms with Gasteiger partial charge in [0, 0.05) is 47.7 Å². The van der Waals surface area contributed by atoms with Gasteiger partial charge >= 0.3 is 0 Å². The zero-order valence-corrected chi connectivity index (χ0v) is 15.1. The minimum atomic E-state index is -0.411.